The van der Waals surface area contributed by atoms with Crippen LogP contribution in [0, 0.1) is 0 Å². The lowest BCUT2D eigenvalue weighted by molar-refractivity contribution is -0.129. The topological polar surface area (TPSA) is 38.7 Å². The van der Waals surface area contributed by atoms with Crippen molar-refractivity contribution in [2.75, 3.05) is 0 Å². The van der Waals surface area contributed by atoms with Crippen LogP contribution in [0.1, 0.15) is 22.2 Å². The SMILES string of the molecule is CCc1sc(C=C2N=C(c3ccccc3)OC2=O)cc1Br. The van der Waals surface area contributed by atoms with Gasteiger partial charge in [-0.3, -0.25) is 0 Å². The molecule has 1 aliphatic rings. The van der Waals surface area contributed by atoms with E-state index in [1.54, 1.807) is 17.4 Å². The van der Waals surface area contributed by atoms with E-state index in [4.69, 9.17) is 4.74 Å². The van der Waals surface area contributed by atoms with E-state index in [-0.39, 0.29) is 0 Å². The number of carbonyl (C=O) groups is 1. The summed E-state index contributed by atoms with van der Waals surface area (Å²) in [5.41, 5.74) is 1.14. The van der Waals surface area contributed by atoms with E-state index in [2.05, 4.69) is 27.8 Å². The Hall–Kier alpha value is -1.72. The lowest BCUT2D eigenvalue weighted by atomic mass is 10.2. The molecule has 1 aliphatic heterocycles. The first-order valence-electron chi connectivity index (χ1n) is 6.53. The molecular weight excluding hydrogens is 350 g/mol. The molecule has 0 unspecified atom stereocenters. The fourth-order valence-electron chi connectivity index (χ4n) is 1.99. The summed E-state index contributed by atoms with van der Waals surface area (Å²) in [6.45, 7) is 2.10. The van der Waals surface area contributed by atoms with Crippen molar-refractivity contribution in [3.05, 3.63) is 61.9 Å². The molecule has 0 saturated carbocycles. The summed E-state index contributed by atoms with van der Waals surface area (Å²) in [5, 5.41) is 0. The molecule has 0 spiro atoms. The van der Waals surface area contributed by atoms with Crippen molar-refractivity contribution in [3.8, 4) is 0 Å². The highest BCUT2D eigenvalue weighted by molar-refractivity contribution is 9.10. The average Bonchev–Trinajstić information content (AvgIpc) is 3.03. The summed E-state index contributed by atoms with van der Waals surface area (Å²) in [6.07, 6.45) is 2.73. The predicted octanol–water partition coefficient (Wildman–Crippen LogP) is 4.42. The zero-order valence-electron chi connectivity index (χ0n) is 11.3. The number of rotatable bonds is 3. The quantitative estimate of drug-likeness (QED) is 0.599. The molecule has 0 radical (unpaired) electrons. The zero-order valence-corrected chi connectivity index (χ0v) is 13.7. The Bertz CT molecular complexity index is 747. The lowest BCUT2D eigenvalue weighted by Crippen LogP contribution is -2.04. The molecule has 3 nitrogen and oxygen atoms in total. The molecule has 0 bridgehead atoms. The third kappa shape index (κ3) is 2.99. The van der Waals surface area contributed by atoms with Gasteiger partial charge in [-0.1, -0.05) is 25.1 Å². The lowest BCUT2D eigenvalue weighted by Gasteiger charge is -1.97. The molecule has 0 atom stereocenters. The minimum Gasteiger partial charge on any atom is -0.402 e. The molecule has 106 valence electrons. The summed E-state index contributed by atoms with van der Waals surface area (Å²) in [4.78, 5) is 18.4. The number of hydrogen-bond donors (Lipinski definition) is 0. The number of benzene rings is 1. The third-order valence-corrected chi connectivity index (χ3v) is 5.21. The van der Waals surface area contributed by atoms with Crippen LogP contribution in [0.3, 0.4) is 0 Å². The van der Waals surface area contributed by atoms with Gasteiger partial charge in [0.25, 0.3) is 0 Å². The van der Waals surface area contributed by atoms with Gasteiger partial charge in [0, 0.05) is 19.8 Å². The number of nitrogens with zero attached hydrogens (tertiary/aromatic N) is 1. The van der Waals surface area contributed by atoms with Crippen LogP contribution in [-0.4, -0.2) is 11.9 Å². The summed E-state index contributed by atoms with van der Waals surface area (Å²) < 4.78 is 6.30. The van der Waals surface area contributed by atoms with Crippen molar-refractivity contribution in [3.63, 3.8) is 0 Å². The minimum atomic E-state index is -0.406. The highest BCUT2D eigenvalue weighted by Crippen LogP contribution is 2.30. The molecule has 2 aromatic rings. The van der Waals surface area contributed by atoms with Gasteiger partial charge in [-0.25, -0.2) is 9.79 Å². The third-order valence-electron chi connectivity index (χ3n) is 3.02. The number of halogens is 1. The van der Waals surface area contributed by atoms with Crippen molar-refractivity contribution >= 4 is 45.2 Å². The Kier molecular flexibility index (Phi) is 4.03. The maximum atomic E-state index is 11.9. The molecule has 2 heterocycles. The molecule has 3 rings (SSSR count). The second-order valence-electron chi connectivity index (χ2n) is 4.48. The van der Waals surface area contributed by atoms with Gasteiger partial charge in [-0.2, -0.15) is 0 Å². The van der Waals surface area contributed by atoms with Gasteiger partial charge >= 0.3 is 5.97 Å². The van der Waals surface area contributed by atoms with Crippen LogP contribution in [-0.2, 0) is 16.0 Å². The maximum Gasteiger partial charge on any atom is 0.363 e. The summed E-state index contributed by atoms with van der Waals surface area (Å²) in [7, 11) is 0. The molecule has 0 fully saturated rings. The Morgan fingerprint density at radius 1 is 1.33 bits per heavy atom. The minimum absolute atomic E-state index is 0.338. The first kappa shape index (κ1) is 14.2. The van der Waals surface area contributed by atoms with Gasteiger partial charge in [-0.05, 0) is 46.6 Å². The van der Waals surface area contributed by atoms with Crippen LogP contribution in [0.4, 0.5) is 0 Å². The Morgan fingerprint density at radius 2 is 2.10 bits per heavy atom. The van der Waals surface area contributed by atoms with Crippen LogP contribution in [0.2, 0.25) is 0 Å². The first-order chi connectivity index (χ1) is 10.2. The number of aryl methyl sites for hydroxylation is 1. The second kappa shape index (κ2) is 5.95. The average molecular weight is 362 g/mol. The van der Waals surface area contributed by atoms with E-state index >= 15 is 0 Å². The molecule has 0 aliphatic carbocycles. The molecule has 0 amide bonds. The van der Waals surface area contributed by atoms with E-state index < -0.39 is 5.97 Å². The van der Waals surface area contributed by atoms with E-state index in [9.17, 15) is 4.79 Å². The monoisotopic (exact) mass is 361 g/mol. The van der Waals surface area contributed by atoms with E-state index in [1.165, 1.54) is 4.88 Å². The van der Waals surface area contributed by atoms with Gasteiger partial charge in [0.05, 0.1) is 0 Å². The fraction of sp³-hybridized carbons (Fsp3) is 0.125. The molecule has 5 heteroatoms. The number of aliphatic imine (C=N–C) groups is 1. The smallest absolute Gasteiger partial charge is 0.363 e. The van der Waals surface area contributed by atoms with Crippen LogP contribution >= 0.6 is 27.3 Å². The largest absolute Gasteiger partial charge is 0.402 e. The van der Waals surface area contributed by atoms with Gasteiger partial charge in [0.1, 0.15) is 0 Å². The summed E-state index contributed by atoms with van der Waals surface area (Å²) >= 11 is 5.16. The maximum absolute atomic E-state index is 11.9. The first-order valence-corrected chi connectivity index (χ1v) is 8.14. The summed E-state index contributed by atoms with van der Waals surface area (Å²) in [5.74, 6) is -0.0467. The fourth-order valence-corrected chi connectivity index (χ4v) is 3.84. The van der Waals surface area contributed by atoms with E-state index in [0.717, 1.165) is 21.3 Å². The van der Waals surface area contributed by atoms with E-state index in [1.807, 2.05) is 36.4 Å². The number of carbonyl (C=O) groups excluding carboxylic acids is 1. The highest BCUT2D eigenvalue weighted by Gasteiger charge is 2.24. The number of hydrogen-bond acceptors (Lipinski definition) is 4. The van der Waals surface area contributed by atoms with Crippen molar-refractivity contribution in [1.82, 2.24) is 0 Å². The molecule has 21 heavy (non-hydrogen) atoms. The van der Waals surface area contributed by atoms with Gasteiger partial charge in [0.2, 0.25) is 5.90 Å². The molecule has 1 aromatic carbocycles. The van der Waals surface area contributed by atoms with Crippen LogP contribution in [0.25, 0.3) is 6.08 Å². The highest BCUT2D eigenvalue weighted by atomic mass is 79.9. The van der Waals surface area contributed by atoms with E-state index in [0.29, 0.717) is 11.6 Å². The van der Waals surface area contributed by atoms with Crippen molar-refractivity contribution in [2.45, 2.75) is 13.3 Å². The Balaban J connectivity index is 1.93. The van der Waals surface area contributed by atoms with Gasteiger partial charge in [0.15, 0.2) is 5.70 Å². The number of esters is 1. The van der Waals surface area contributed by atoms with Gasteiger partial charge < -0.3 is 4.74 Å². The van der Waals surface area contributed by atoms with Crippen LogP contribution in [0.5, 0.6) is 0 Å². The number of ether oxygens (including phenoxy) is 1. The molecule has 0 saturated heterocycles. The number of thiophene rings is 1. The van der Waals surface area contributed by atoms with Crippen molar-refractivity contribution < 1.29 is 9.53 Å². The van der Waals surface area contributed by atoms with Crippen LogP contribution < -0.4 is 0 Å². The number of cyclic esters (lactones) is 1. The molecule has 1 aromatic heterocycles. The van der Waals surface area contributed by atoms with Gasteiger partial charge in [-0.15, -0.1) is 11.3 Å². The summed E-state index contributed by atoms with van der Waals surface area (Å²) in [6, 6.07) is 11.4. The Morgan fingerprint density at radius 3 is 2.76 bits per heavy atom. The molecule has 0 N–H and O–H groups in total. The van der Waals surface area contributed by atoms with Crippen molar-refractivity contribution in [1.29, 1.82) is 0 Å². The second-order valence-corrected chi connectivity index (χ2v) is 6.50. The Labute approximate surface area is 135 Å². The molecular formula is C16H12BrNO2S. The van der Waals surface area contributed by atoms with Crippen molar-refractivity contribution in [2.24, 2.45) is 4.99 Å². The standard InChI is InChI=1S/C16H12BrNO2S/c1-2-14-12(17)8-11(21-14)9-13-16(19)20-15(18-13)10-6-4-3-5-7-10/h3-9H,2H2,1H3. The van der Waals surface area contributed by atoms with Crippen LogP contribution in [0.15, 0.2) is 51.6 Å². The normalized spacial score (nSPS) is 16.2. The predicted molar refractivity (Wildman–Crippen MR) is 88.4 cm³/mol. The zero-order chi connectivity index (χ0) is 14.8.